The molecule has 4 rings (SSSR count). The number of fused-ring (bicyclic) bond motifs is 1. The molecule has 0 amide bonds. The molecule has 1 unspecified atom stereocenters. The first-order chi connectivity index (χ1) is 12.4. The molecule has 1 aliphatic carbocycles. The number of hydrogen-bond acceptors (Lipinski definition) is 1. The van der Waals surface area contributed by atoms with Crippen LogP contribution in [0.3, 0.4) is 0 Å². The number of para-hydroxylation sites is 3. The van der Waals surface area contributed by atoms with Gasteiger partial charge in [-0.15, -0.1) is 0 Å². The molecule has 1 aliphatic rings. The maximum Gasteiger partial charge on any atom is 0.141 e. The summed E-state index contributed by atoms with van der Waals surface area (Å²) in [4.78, 5) is 5.01. The van der Waals surface area contributed by atoms with E-state index in [0.29, 0.717) is 5.92 Å². The molecule has 0 saturated heterocycles. The Morgan fingerprint density at radius 2 is 1.88 bits per heavy atom. The van der Waals surface area contributed by atoms with Gasteiger partial charge in [0.25, 0.3) is 0 Å². The van der Waals surface area contributed by atoms with Gasteiger partial charge in [0.1, 0.15) is 5.82 Å². The Morgan fingerprint density at radius 1 is 1.08 bits per heavy atom. The molecular weight excluding hydrogens is 304 g/mol. The van der Waals surface area contributed by atoms with Crippen LogP contribution in [0.2, 0.25) is 0 Å². The van der Waals surface area contributed by atoms with Gasteiger partial charge in [-0.3, -0.25) is 4.57 Å². The molecule has 1 aromatic heterocycles. The average molecular weight is 326 g/mol. The molecule has 3 aromatic rings. The second kappa shape index (κ2) is 6.94. The molecule has 25 heavy (non-hydrogen) atoms. The van der Waals surface area contributed by atoms with Crippen LogP contribution >= 0.6 is 0 Å². The predicted octanol–water partition coefficient (Wildman–Crippen LogP) is 5.95. The van der Waals surface area contributed by atoms with E-state index >= 15 is 0 Å². The Labute approximate surface area is 148 Å². The molecule has 0 radical (unpaired) electrons. The lowest BCUT2D eigenvalue weighted by Crippen LogP contribution is -2.10. The largest absolute Gasteiger partial charge is 0.293 e. The van der Waals surface area contributed by atoms with Gasteiger partial charge in [0.05, 0.1) is 11.0 Å². The van der Waals surface area contributed by atoms with Gasteiger partial charge in [0.2, 0.25) is 0 Å². The number of imidazole rings is 1. The van der Waals surface area contributed by atoms with Crippen LogP contribution in [-0.2, 0) is 0 Å². The Morgan fingerprint density at radius 3 is 2.72 bits per heavy atom. The smallest absolute Gasteiger partial charge is 0.141 e. The molecule has 2 nitrogen and oxygen atoms in total. The van der Waals surface area contributed by atoms with E-state index in [1.807, 2.05) is 0 Å². The number of rotatable bonds is 4. The Bertz CT molecular complexity index is 958. The fraction of sp³-hybridized carbons (Fsp3) is 0.174. The van der Waals surface area contributed by atoms with Gasteiger partial charge in [0.15, 0.2) is 0 Å². The molecule has 0 bridgehead atoms. The number of benzene rings is 2. The lowest BCUT2D eigenvalue weighted by molar-refractivity contribution is 0.680. The highest BCUT2D eigenvalue weighted by molar-refractivity contribution is 5.83. The molecule has 1 atom stereocenters. The number of nitrogens with zero attached hydrogens (tertiary/aromatic N) is 2. The van der Waals surface area contributed by atoms with E-state index in [1.165, 1.54) is 5.57 Å². The summed E-state index contributed by atoms with van der Waals surface area (Å²) in [6.07, 6.45) is 13.2. The maximum absolute atomic E-state index is 5.01. The molecular formula is C23H22N2. The molecule has 2 heteroatoms. The third kappa shape index (κ3) is 2.96. The minimum absolute atomic E-state index is 0.473. The summed E-state index contributed by atoms with van der Waals surface area (Å²) in [7, 11) is 0. The van der Waals surface area contributed by atoms with E-state index in [2.05, 4.69) is 96.5 Å². The summed E-state index contributed by atoms with van der Waals surface area (Å²) in [5, 5.41) is 0. The minimum atomic E-state index is 0.473. The lowest BCUT2D eigenvalue weighted by atomic mass is 9.88. The van der Waals surface area contributed by atoms with Crippen LogP contribution in [0.25, 0.3) is 22.3 Å². The normalized spacial score (nSPS) is 17.3. The van der Waals surface area contributed by atoms with Gasteiger partial charge < -0.3 is 0 Å². The standard InChI is InChI=1S/C23H22N2/c1-2-3-11-18-12-7-8-15-20(18)23-24-21-16-9-10-17-22(21)25(23)19-13-5-4-6-14-19/h2-10,13-18H,11-12H2,1H3. The van der Waals surface area contributed by atoms with Crippen LogP contribution in [0.5, 0.6) is 0 Å². The first-order valence-electron chi connectivity index (χ1n) is 8.89. The van der Waals surface area contributed by atoms with Crippen molar-refractivity contribution in [3.8, 4) is 5.69 Å². The summed E-state index contributed by atoms with van der Waals surface area (Å²) in [6.45, 7) is 2.08. The second-order valence-electron chi connectivity index (χ2n) is 6.38. The van der Waals surface area contributed by atoms with E-state index in [1.54, 1.807) is 0 Å². The predicted molar refractivity (Wildman–Crippen MR) is 106 cm³/mol. The molecule has 0 aliphatic heterocycles. The Balaban J connectivity index is 1.92. The molecule has 0 N–H and O–H groups in total. The van der Waals surface area contributed by atoms with Crippen LogP contribution in [-0.4, -0.2) is 9.55 Å². The zero-order valence-electron chi connectivity index (χ0n) is 14.5. The van der Waals surface area contributed by atoms with Crippen molar-refractivity contribution in [2.45, 2.75) is 19.8 Å². The van der Waals surface area contributed by atoms with E-state index in [9.17, 15) is 0 Å². The zero-order chi connectivity index (χ0) is 17.1. The fourth-order valence-electron chi connectivity index (χ4n) is 3.52. The van der Waals surface area contributed by atoms with Crippen molar-refractivity contribution >= 4 is 16.6 Å². The lowest BCUT2D eigenvalue weighted by Gasteiger charge is -2.21. The summed E-state index contributed by atoms with van der Waals surface area (Å²) >= 11 is 0. The van der Waals surface area contributed by atoms with E-state index < -0.39 is 0 Å². The highest BCUT2D eigenvalue weighted by Crippen LogP contribution is 2.35. The van der Waals surface area contributed by atoms with Crippen LogP contribution < -0.4 is 0 Å². The van der Waals surface area contributed by atoms with Gasteiger partial charge in [-0.2, -0.15) is 0 Å². The third-order valence-electron chi connectivity index (χ3n) is 4.76. The molecule has 2 aromatic carbocycles. The number of hydrogen-bond donors (Lipinski definition) is 0. The van der Waals surface area contributed by atoms with Crippen molar-refractivity contribution in [2.75, 3.05) is 0 Å². The highest BCUT2D eigenvalue weighted by Gasteiger charge is 2.22. The van der Waals surface area contributed by atoms with Crippen molar-refractivity contribution < 1.29 is 0 Å². The Kier molecular flexibility index (Phi) is 4.34. The van der Waals surface area contributed by atoms with Gasteiger partial charge in [-0.1, -0.05) is 60.7 Å². The first kappa shape index (κ1) is 15.6. The molecule has 1 heterocycles. The topological polar surface area (TPSA) is 17.8 Å². The van der Waals surface area contributed by atoms with Crippen LogP contribution in [0.1, 0.15) is 25.6 Å². The second-order valence-corrected chi connectivity index (χ2v) is 6.38. The molecule has 0 spiro atoms. The summed E-state index contributed by atoms with van der Waals surface area (Å²) in [5.74, 6) is 1.53. The molecule has 0 fully saturated rings. The van der Waals surface area contributed by atoms with Gasteiger partial charge in [0, 0.05) is 5.69 Å². The minimum Gasteiger partial charge on any atom is -0.293 e. The van der Waals surface area contributed by atoms with Gasteiger partial charge in [-0.05, 0) is 55.5 Å². The monoisotopic (exact) mass is 326 g/mol. The summed E-state index contributed by atoms with van der Waals surface area (Å²) < 4.78 is 2.29. The fourth-order valence-corrected chi connectivity index (χ4v) is 3.52. The number of allylic oxidation sites excluding steroid dienone is 6. The average Bonchev–Trinajstić information content (AvgIpc) is 3.06. The maximum atomic E-state index is 5.01. The van der Waals surface area contributed by atoms with Gasteiger partial charge in [-0.25, -0.2) is 4.98 Å². The van der Waals surface area contributed by atoms with Crippen LogP contribution in [0.15, 0.2) is 85.0 Å². The Hall–Kier alpha value is -2.87. The van der Waals surface area contributed by atoms with Gasteiger partial charge >= 0.3 is 0 Å². The van der Waals surface area contributed by atoms with Crippen LogP contribution in [0, 0.1) is 5.92 Å². The van der Waals surface area contributed by atoms with Crippen molar-refractivity contribution in [1.29, 1.82) is 0 Å². The summed E-state index contributed by atoms with van der Waals surface area (Å²) in [6, 6.07) is 18.9. The van der Waals surface area contributed by atoms with E-state index in [4.69, 9.17) is 4.98 Å². The SMILES string of the molecule is CC=CCC1CC=CC=C1c1nc2ccccc2n1-c1ccccc1. The zero-order valence-corrected chi connectivity index (χ0v) is 14.5. The number of aromatic nitrogens is 2. The van der Waals surface area contributed by atoms with Crippen molar-refractivity contribution in [3.05, 3.63) is 90.8 Å². The molecule has 0 saturated carbocycles. The van der Waals surface area contributed by atoms with E-state index in [-0.39, 0.29) is 0 Å². The van der Waals surface area contributed by atoms with Crippen LogP contribution in [0.4, 0.5) is 0 Å². The van der Waals surface area contributed by atoms with Crippen molar-refractivity contribution in [3.63, 3.8) is 0 Å². The third-order valence-corrected chi connectivity index (χ3v) is 4.76. The van der Waals surface area contributed by atoms with Crippen molar-refractivity contribution in [1.82, 2.24) is 9.55 Å². The quantitative estimate of drug-likeness (QED) is 0.542. The molecule has 124 valence electrons. The first-order valence-corrected chi connectivity index (χ1v) is 8.89. The summed E-state index contributed by atoms with van der Waals surface area (Å²) in [5.41, 5.74) is 4.68. The van der Waals surface area contributed by atoms with E-state index in [0.717, 1.165) is 35.4 Å². The van der Waals surface area contributed by atoms with Crippen molar-refractivity contribution in [2.24, 2.45) is 5.92 Å². The highest BCUT2D eigenvalue weighted by atomic mass is 15.1.